The minimum absolute atomic E-state index is 0.0514. The maximum absolute atomic E-state index is 12.3. The highest BCUT2D eigenvalue weighted by Gasteiger charge is 2.58. The third-order valence-corrected chi connectivity index (χ3v) is 6.23. The minimum Gasteiger partial charge on any atom is -0.543 e. The number of carbonyl (C=O) groups excluding carboxylic acids is 3. The van der Waals surface area contributed by atoms with Crippen LogP contribution in [0.2, 0.25) is 0 Å². The van der Waals surface area contributed by atoms with Gasteiger partial charge in [-0.25, -0.2) is 0 Å². The summed E-state index contributed by atoms with van der Waals surface area (Å²) in [7, 11) is 0. The predicted octanol–water partition coefficient (Wildman–Crippen LogP) is -0.483. The summed E-state index contributed by atoms with van der Waals surface area (Å²) in [5.41, 5.74) is 0.603. The van der Waals surface area contributed by atoms with Crippen molar-refractivity contribution in [2.75, 3.05) is 5.75 Å². The summed E-state index contributed by atoms with van der Waals surface area (Å²) < 4.78 is 1.77. The van der Waals surface area contributed by atoms with Gasteiger partial charge in [0.1, 0.15) is 0 Å². The van der Waals surface area contributed by atoms with Crippen molar-refractivity contribution >= 4 is 29.4 Å². The van der Waals surface area contributed by atoms with Crippen molar-refractivity contribution in [3.05, 3.63) is 35.8 Å². The minimum atomic E-state index is -1.36. The Bertz CT molecular complexity index is 818. The van der Waals surface area contributed by atoms with Crippen LogP contribution in [0, 0.1) is 11.8 Å². The lowest BCUT2D eigenvalue weighted by atomic mass is 9.78. The third-order valence-electron chi connectivity index (χ3n) is 5.17. The Hall–Kier alpha value is -2.19. The Labute approximate surface area is 161 Å². The van der Waals surface area contributed by atoms with Gasteiger partial charge in [-0.05, 0) is 12.5 Å². The number of thioether (sulfide) groups is 1. The lowest BCUT2D eigenvalue weighted by Gasteiger charge is -2.47. The fourth-order valence-corrected chi connectivity index (χ4v) is 4.92. The first-order valence-electron chi connectivity index (χ1n) is 8.79. The van der Waals surface area contributed by atoms with E-state index in [4.69, 9.17) is 0 Å². The molecule has 4 atom stereocenters. The number of hydrogen-bond acceptors (Lipinski definition) is 6. The summed E-state index contributed by atoms with van der Waals surface area (Å²) in [4.78, 5) is 37.3. The second-order valence-electron chi connectivity index (χ2n) is 7.11. The fraction of sp³-hybridized carbons (Fsp3) is 0.474. The van der Waals surface area contributed by atoms with E-state index in [1.807, 2.05) is 19.1 Å². The molecule has 8 heteroatoms. The number of carboxylic acid groups (broad SMARTS) is 1. The van der Waals surface area contributed by atoms with Gasteiger partial charge in [0, 0.05) is 35.6 Å². The molecule has 2 aliphatic heterocycles. The van der Waals surface area contributed by atoms with Crippen LogP contribution in [0.25, 0.3) is 0 Å². The van der Waals surface area contributed by atoms with E-state index in [2.05, 4.69) is 0 Å². The summed E-state index contributed by atoms with van der Waals surface area (Å²) in [6, 6.07) is 3.41. The first kappa shape index (κ1) is 19.6. The number of nitrogens with zero attached hydrogens (tertiary/aromatic N) is 2. The number of aliphatic carboxylic acids is 1. The molecular formula is C19H22N2O5S. The fourth-order valence-electron chi connectivity index (χ4n) is 3.89. The number of aliphatic hydroxyl groups is 1. The highest BCUT2D eigenvalue weighted by atomic mass is 32.2. The Morgan fingerprint density at radius 1 is 1.37 bits per heavy atom. The maximum atomic E-state index is 12.3. The van der Waals surface area contributed by atoms with Crippen molar-refractivity contribution in [3.63, 3.8) is 0 Å². The number of ketones is 1. The van der Waals surface area contributed by atoms with Crippen LogP contribution in [-0.4, -0.2) is 45.6 Å². The second-order valence-corrected chi connectivity index (χ2v) is 8.16. The SMILES string of the molecule is CC(=O)C[n+]1ccc(SCC2=C(C(=O)[O-])N3C(=O)[C@H]([C@@H](C)O)[C@H]3[C@H]2C)cc1. The van der Waals surface area contributed by atoms with Crippen LogP contribution in [0.1, 0.15) is 20.8 Å². The summed E-state index contributed by atoms with van der Waals surface area (Å²) in [5.74, 6) is -1.97. The topological polar surface area (TPSA) is 102 Å². The summed E-state index contributed by atoms with van der Waals surface area (Å²) in [5, 5.41) is 21.5. The van der Waals surface area contributed by atoms with E-state index in [1.54, 1.807) is 23.9 Å². The molecule has 0 aliphatic carbocycles. The normalized spacial score (nSPS) is 25.3. The average molecular weight is 390 g/mol. The van der Waals surface area contributed by atoms with E-state index in [0.717, 1.165) is 4.90 Å². The van der Waals surface area contributed by atoms with Crippen molar-refractivity contribution in [2.45, 2.75) is 44.4 Å². The van der Waals surface area contributed by atoms with Crippen LogP contribution in [0.4, 0.5) is 0 Å². The van der Waals surface area contributed by atoms with Gasteiger partial charge in [0.2, 0.25) is 12.5 Å². The molecule has 7 nitrogen and oxygen atoms in total. The van der Waals surface area contributed by atoms with Crippen molar-refractivity contribution in [3.8, 4) is 0 Å². The molecule has 2 aliphatic rings. The standard InChI is InChI=1S/C19H22N2O5S/c1-10(22)8-20-6-4-13(5-7-20)27-9-14-11(2)16-15(12(3)23)18(24)21(16)17(14)19(25)26/h4-7,11-12,15-16,23H,8-9H2,1-3H3/t11-,12+,15+,16+/m0/s1. The summed E-state index contributed by atoms with van der Waals surface area (Å²) in [6.07, 6.45) is 2.79. The molecule has 0 spiro atoms. The molecular weight excluding hydrogens is 368 g/mol. The first-order chi connectivity index (χ1) is 12.7. The molecule has 27 heavy (non-hydrogen) atoms. The number of rotatable bonds is 7. The van der Waals surface area contributed by atoms with Gasteiger partial charge in [-0.2, -0.15) is 4.57 Å². The monoisotopic (exact) mass is 390 g/mol. The number of carboxylic acids is 1. The van der Waals surface area contributed by atoms with Crippen LogP contribution >= 0.6 is 11.8 Å². The van der Waals surface area contributed by atoms with Crippen LogP contribution in [0.15, 0.2) is 40.7 Å². The van der Waals surface area contributed by atoms with Crippen molar-refractivity contribution in [1.29, 1.82) is 0 Å². The van der Waals surface area contributed by atoms with Gasteiger partial charge < -0.3 is 19.9 Å². The Morgan fingerprint density at radius 2 is 2.00 bits per heavy atom. The van der Waals surface area contributed by atoms with Crippen LogP contribution < -0.4 is 9.67 Å². The molecule has 1 N–H and O–H groups in total. The van der Waals surface area contributed by atoms with E-state index in [1.165, 1.54) is 23.6 Å². The molecule has 1 aromatic rings. The van der Waals surface area contributed by atoms with Crippen molar-refractivity contribution in [2.24, 2.45) is 11.8 Å². The molecule has 0 saturated carbocycles. The number of Topliss-reactive ketones (excluding diaryl/α,β-unsaturated/α-hetero) is 1. The quantitative estimate of drug-likeness (QED) is 0.383. The molecule has 0 aromatic carbocycles. The molecule has 0 unspecified atom stereocenters. The van der Waals surface area contributed by atoms with Crippen LogP contribution in [-0.2, 0) is 20.9 Å². The number of carbonyl (C=O) groups is 3. The molecule has 144 valence electrons. The number of pyridine rings is 1. The lowest BCUT2D eigenvalue weighted by molar-refractivity contribution is -0.684. The van der Waals surface area contributed by atoms with Gasteiger partial charge in [-0.3, -0.25) is 9.59 Å². The number of fused-ring (bicyclic) bond motifs is 1. The zero-order valence-corrected chi connectivity index (χ0v) is 16.2. The number of aromatic nitrogens is 1. The average Bonchev–Trinajstić information content (AvgIpc) is 2.82. The molecule has 3 heterocycles. The Kier molecular flexibility index (Phi) is 5.39. The van der Waals surface area contributed by atoms with Gasteiger partial charge in [0.25, 0.3) is 0 Å². The largest absolute Gasteiger partial charge is 0.543 e. The third kappa shape index (κ3) is 3.51. The smallest absolute Gasteiger partial charge is 0.235 e. The second kappa shape index (κ2) is 7.44. The van der Waals surface area contributed by atoms with E-state index in [0.29, 0.717) is 17.9 Å². The highest BCUT2D eigenvalue weighted by Crippen LogP contribution is 2.47. The van der Waals surface area contributed by atoms with E-state index in [-0.39, 0.29) is 29.3 Å². The molecule has 0 bridgehead atoms. The molecule has 1 aromatic heterocycles. The molecule has 0 radical (unpaired) electrons. The Balaban J connectivity index is 1.76. The number of hydrogen-bond donors (Lipinski definition) is 1. The molecule has 3 rings (SSSR count). The number of amides is 1. The summed E-state index contributed by atoms with van der Waals surface area (Å²) >= 11 is 1.47. The highest BCUT2D eigenvalue weighted by molar-refractivity contribution is 7.99. The van der Waals surface area contributed by atoms with E-state index in [9.17, 15) is 24.6 Å². The lowest BCUT2D eigenvalue weighted by Crippen LogP contribution is -2.64. The Morgan fingerprint density at radius 3 is 2.52 bits per heavy atom. The first-order valence-corrected chi connectivity index (χ1v) is 9.77. The predicted molar refractivity (Wildman–Crippen MR) is 95.0 cm³/mol. The maximum Gasteiger partial charge on any atom is 0.235 e. The van der Waals surface area contributed by atoms with Gasteiger partial charge in [-0.1, -0.05) is 6.92 Å². The number of aliphatic hydroxyl groups excluding tert-OH is 1. The molecule has 1 amide bonds. The van der Waals surface area contributed by atoms with Crippen LogP contribution in [0.5, 0.6) is 0 Å². The number of β-lactam (4-membered cyclic amide) rings is 1. The van der Waals surface area contributed by atoms with Crippen molar-refractivity contribution in [1.82, 2.24) is 4.90 Å². The van der Waals surface area contributed by atoms with E-state index >= 15 is 0 Å². The van der Waals surface area contributed by atoms with Gasteiger partial charge in [-0.15, -0.1) is 11.8 Å². The van der Waals surface area contributed by atoms with Gasteiger partial charge in [0.05, 0.1) is 29.7 Å². The van der Waals surface area contributed by atoms with E-state index < -0.39 is 18.0 Å². The van der Waals surface area contributed by atoms with Gasteiger partial charge >= 0.3 is 0 Å². The zero-order valence-electron chi connectivity index (χ0n) is 15.4. The summed E-state index contributed by atoms with van der Waals surface area (Å²) in [6.45, 7) is 5.27. The molecule has 1 fully saturated rings. The van der Waals surface area contributed by atoms with Gasteiger partial charge in [0.15, 0.2) is 18.2 Å². The van der Waals surface area contributed by atoms with Crippen LogP contribution in [0.3, 0.4) is 0 Å². The van der Waals surface area contributed by atoms with Crippen molar-refractivity contribution < 1.29 is 29.2 Å². The molecule has 1 saturated heterocycles. The zero-order chi connectivity index (χ0) is 19.9.